The van der Waals surface area contributed by atoms with Crippen LogP contribution in [0.4, 0.5) is 0 Å². The molecule has 6 nitrogen and oxygen atoms in total. The minimum atomic E-state index is 0.606. The Hall–Kier alpha value is -8.74. The molecule has 0 aliphatic rings. The first-order valence-corrected chi connectivity index (χ1v) is 21.6. The van der Waals surface area contributed by atoms with E-state index in [0.29, 0.717) is 5.95 Å². The van der Waals surface area contributed by atoms with Gasteiger partial charge in [0.05, 0.1) is 33.5 Å². The Morgan fingerprint density at radius 1 is 0.281 bits per heavy atom. The molecule has 64 heavy (non-hydrogen) atoms. The number of nitrogens with zero attached hydrogens (tertiary/aromatic N) is 4. The largest absolute Gasteiger partial charge is 0.456 e. The molecule has 0 radical (unpaired) electrons. The van der Waals surface area contributed by atoms with Crippen LogP contribution in [0.2, 0.25) is 0 Å². The van der Waals surface area contributed by atoms with E-state index in [0.717, 1.165) is 116 Å². The van der Waals surface area contributed by atoms with Crippen molar-refractivity contribution in [3.8, 4) is 45.3 Å². The molecule has 0 bridgehead atoms. The van der Waals surface area contributed by atoms with Crippen molar-refractivity contribution in [2.24, 2.45) is 0 Å². The molecule has 5 heterocycles. The Kier molecular flexibility index (Phi) is 7.30. The van der Waals surface area contributed by atoms with Gasteiger partial charge in [-0.1, -0.05) is 133 Å². The molecular weight excluding hydrogens is 785 g/mol. The molecule has 0 aliphatic heterocycles. The number of hydrogen-bond acceptors (Lipinski definition) is 4. The van der Waals surface area contributed by atoms with Gasteiger partial charge in [0.25, 0.3) is 0 Å². The quantitative estimate of drug-likeness (QED) is 0.174. The zero-order valence-electron chi connectivity index (χ0n) is 34.2. The molecule has 0 N–H and O–H groups in total. The van der Waals surface area contributed by atoms with Crippen molar-refractivity contribution in [2.45, 2.75) is 0 Å². The normalized spacial score (nSPS) is 12.1. The topological polar surface area (TPSA) is 61.9 Å². The van der Waals surface area contributed by atoms with Crippen LogP contribution in [0.25, 0.3) is 133 Å². The third-order valence-corrected chi connectivity index (χ3v) is 12.9. The van der Waals surface area contributed by atoms with Crippen molar-refractivity contribution in [1.29, 1.82) is 0 Å². The standard InChI is InChI=1S/C58H34N4O2/c1-4-14-35(15-5-1)48-32-49(36-16-6-2-7-17-36)60-58(59-48)62-50-22-12-10-20-40(50)43-31-47-45-28-37(25-27-55(45)64-57(47)34-53(43)62)38-24-26-41-44-30-46-42-21-11-13-23-54(42)63-56(46)33-52(44)61(51(41)29-38)39-18-8-3-9-19-39/h1-34H. The van der Waals surface area contributed by atoms with E-state index in [-0.39, 0.29) is 0 Å². The van der Waals surface area contributed by atoms with Gasteiger partial charge < -0.3 is 13.4 Å². The Morgan fingerprint density at radius 2 is 0.781 bits per heavy atom. The van der Waals surface area contributed by atoms with Crippen molar-refractivity contribution in [3.05, 3.63) is 206 Å². The van der Waals surface area contributed by atoms with Crippen LogP contribution in [-0.2, 0) is 0 Å². The van der Waals surface area contributed by atoms with Crippen LogP contribution in [0.5, 0.6) is 0 Å². The van der Waals surface area contributed by atoms with Crippen LogP contribution >= 0.6 is 0 Å². The number of benzene rings is 9. The highest BCUT2D eigenvalue weighted by atomic mass is 16.3. The van der Waals surface area contributed by atoms with Crippen LogP contribution in [0, 0.1) is 0 Å². The summed E-state index contributed by atoms with van der Waals surface area (Å²) in [4.78, 5) is 10.5. The van der Waals surface area contributed by atoms with Gasteiger partial charge in [0.1, 0.15) is 22.3 Å². The minimum absolute atomic E-state index is 0.606. The molecule has 0 spiro atoms. The Balaban J connectivity index is 0.955. The molecule has 0 saturated carbocycles. The molecule has 0 unspecified atom stereocenters. The molecule has 0 fully saturated rings. The highest BCUT2D eigenvalue weighted by molar-refractivity contribution is 6.19. The van der Waals surface area contributed by atoms with E-state index in [9.17, 15) is 0 Å². The van der Waals surface area contributed by atoms with Crippen LogP contribution in [0.15, 0.2) is 215 Å². The lowest BCUT2D eigenvalue weighted by Crippen LogP contribution is -2.03. The van der Waals surface area contributed by atoms with Crippen molar-refractivity contribution >= 4 is 87.5 Å². The van der Waals surface area contributed by atoms with Gasteiger partial charge in [0.2, 0.25) is 5.95 Å². The van der Waals surface area contributed by atoms with E-state index < -0.39 is 0 Å². The summed E-state index contributed by atoms with van der Waals surface area (Å²) in [5.74, 6) is 0.606. The van der Waals surface area contributed by atoms with E-state index in [1.54, 1.807) is 0 Å². The highest BCUT2D eigenvalue weighted by Gasteiger charge is 2.21. The molecule has 298 valence electrons. The first-order chi connectivity index (χ1) is 31.7. The lowest BCUT2D eigenvalue weighted by atomic mass is 10.0. The molecule has 0 aliphatic carbocycles. The van der Waals surface area contributed by atoms with Gasteiger partial charge in [-0.05, 0) is 71.8 Å². The maximum absolute atomic E-state index is 6.70. The third-order valence-electron chi connectivity index (χ3n) is 12.9. The van der Waals surface area contributed by atoms with Crippen LogP contribution in [0.1, 0.15) is 0 Å². The van der Waals surface area contributed by atoms with Gasteiger partial charge in [-0.3, -0.25) is 4.57 Å². The predicted molar refractivity (Wildman–Crippen MR) is 262 cm³/mol. The predicted octanol–water partition coefficient (Wildman–Crippen LogP) is 15.5. The van der Waals surface area contributed by atoms with Crippen molar-refractivity contribution in [2.75, 3.05) is 0 Å². The molecular formula is C58H34N4O2. The lowest BCUT2D eigenvalue weighted by Gasteiger charge is -2.11. The number of para-hydroxylation sites is 3. The molecule has 5 aromatic heterocycles. The second kappa shape index (κ2) is 13.4. The molecule has 0 saturated heterocycles. The average Bonchev–Trinajstić information content (AvgIpc) is 4.09. The van der Waals surface area contributed by atoms with Gasteiger partial charge in [0.15, 0.2) is 0 Å². The van der Waals surface area contributed by atoms with E-state index in [2.05, 4.69) is 167 Å². The number of furan rings is 2. The summed E-state index contributed by atoms with van der Waals surface area (Å²) < 4.78 is 17.6. The van der Waals surface area contributed by atoms with Crippen LogP contribution < -0.4 is 0 Å². The van der Waals surface area contributed by atoms with E-state index in [1.165, 1.54) is 10.8 Å². The zero-order valence-corrected chi connectivity index (χ0v) is 34.2. The van der Waals surface area contributed by atoms with E-state index in [4.69, 9.17) is 18.8 Å². The summed E-state index contributed by atoms with van der Waals surface area (Å²) in [7, 11) is 0. The minimum Gasteiger partial charge on any atom is -0.456 e. The molecule has 0 amide bonds. The molecule has 14 rings (SSSR count). The summed E-state index contributed by atoms with van der Waals surface area (Å²) in [5, 5.41) is 8.99. The van der Waals surface area contributed by atoms with Gasteiger partial charge in [-0.2, -0.15) is 0 Å². The zero-order chi connectivity index (χ0) is 41.9. The van der Waals surface area contributed by atoms with Gasteiger partial charge in [-0.15, -0.1) is 0 Å². The number of aromatic nitrogens is 4. The van der Waals surface area contributed by atoms with Gasteiger partial charge >= 0.3 is 0 Å². The fraction of sp³-hybridized carbons (Fsp3) is 0. The Morgan fingerprint density at radius 3 is 1.48 bits per heavy atom. The monoisotopic (exact) mass is 818 g/mol. The number of hydrogen-bond donors (Lipinski definition) is 0. The van der Waals surface area contributed by atoms with Crippen molar-refractivity contribution in [3.63, 3.8) is 0 Å². The van der Waals surface area contributed by atoms with Gasteiger partial charge in [-0.25, -0.2) is 9.97 Å². The van der Waals surface area contributed by atoms with E-state index in [1.807, 2.05) is 48.5 Å². The first kappa shape index (κ1) is 34.9. The molecule has 6 heteroatoms. The maximum Gasteiger partial charge on any atom is 0.235 e. The summed E-state index contributed by atoms with van der Waals surface area (Å²) in [6.07, 6.45) is 0. The summed E-state index contributed by atoms with van der Waals surface area (Å²) in [6, 6.07) is 72.5. The fourth-order valence-corrected chi connectivity index (χ4v) is 9.95. The number of fused-ring (bicyclic) bond motifs is 12. The Labute approximate surface area is 365 Å². The lowest BCUT2D eigenvalue weighted by molar-refractivity contribution is 0.669. The fourth-order valence-electron chi connectivity index (χ4n) is 9.95. The smallest absolute Gasteiger partial charge is 0.235 e. The van der Waals surface area contributed by atoms with Crippen molar-refractivity contribution < 1.29 is 8.83 Å². The number of rotatable bonds is 5. The average molecular weight is 819 g/mol. The van der Waals surface area contributed by atoms with Crippen molar-refractivity contribution in [1.82, 2.24) is 19.1 Å². The molecule has 14 aromatic rings. The Bertz CT molecular complexity index is 4120. The molecule has 0 atom stereocenters. The van der Waals surface area contributed by atoms with Crippen LogP contribution in [-0.4, -0.2) is 19.1 Å². The first-order valence-electron chi connectivity index (χ1n) is 21.6. The highest BCUT2D eigenvalue weighted by Crippen LogP contribution is 2.42. The van der Waals surface area contributed by atoms with Gasteiger partial charge in [0, 0.05) is 72.0 Å². The SMILES string of the molecule is c1ccc(-c2cc(-c3ccccc3)nc(-n3c4ccccc4c4cc5c(cc43)oc3ccc(-c4ccc6c7cc8c(cc7n(-c7ccccc7)c6c4)oc4ccccc48)cc35)n2)cc1. The van der Waals surface area contributed by atoms with E-state index >= 15 is 0 Å². The maximum atomic E-state index is 6.70. The third kappa shape index (κ3) is 5.20. The summed E-state index contributed by atoms with van der Waals surface area (Å²) in [5.41, 5.74) is 14.8. The summed E-state index contributed by atoms with van der Waals surface area (Å²) in [6.45, 7) is 0. The summed E-state index contributed by atoms with van der Waals surface area (Å²) >= 11 is 0. The van der Waals surface area contributed by atoms with Crippen LogP contribution in [0.3, 0.4) is 0 Å². The molecule has 9 aromatic carbocycles. The second-order valence-electron chi connectivity index (χ2n) is 16.6. The second-order valence-corrected chi connectivity index (χ2v) is 16.6.